The van der Waals surface area contributed by atoms with Gasteiger partial charge in [0, 0.05) is 26.2 Å². The molecule has 4 heterocycles. The third-order valence-electron chi connectivity index (χ3n) is 4.68. The second kappa shape index (κ2) is 5.65. The molecule has 1 amide bonds. The zero-order valence-electron chi connectivity index (χ0n) is 14.8. The molecule has 1 atom stereocenters. The third kappa shape index (κ3) is 2.48. The van der Waals surface area contributed by atoms with E-state index in [-0.39, 0.29) is 11.9 Å². The number of pyridine rings is 1. The molecule has 0 radical (unpaired) electrons. The van der Waals surface area contributed by atoms with Crippen molar-refractivity contribution in [2.45, 2.75) is 39.7 Å². The Kier molecular flexibility index (Phi) is 3.55. The van der Waals surface area contributed by atoms with Gasteiger partial charge in [-0.3, -0.25) is 9.48 Å². The lowest BCUT2D eigenvalue weighted by Crippen LogP contribution is -2.31. The van der Waals surface area contributed by atoms with Crippen LogP contribution in [0.3, 0.4) is 0 Å². The van der Waals surface area contributed by atoms with Crippen molar-refractivity contribution in [2.75, 3.05) is 6.54 Å². The first kappa shape index (κ1) is 15.7. The Labute approximate surface area is 144 Å². The summed E-state index contributed by atoms with van der Waals surface area (Å²) in [5.41, 5.74) is 2.97. The lowest BCUT2D eigenvalue weighted by atomic mass is 10.1. The standard InChI is InChI=1S/C17H20N6O2/c1-9-8-12(14-10(2)20-22(4)16(14)18-9)17(24)23-7-5-6-13(23)15-19-11(3)25-21-15/h8,13H,5-7H2,1-4H3/t13-/m1/s1. The van der Waals surface area contributed by atoms with E-state index in [2.05, 4.69) is 20.2 Å². The lowest BCUT2D eigenvalue weighted by molar-refractivity contribution is 0.0730. The fourth-order valence-corrected chi connectivity index (χ4v) is 3.62. The highest BCUT2D eigenvalue weighted by atomic mass is 16.5. The summed E-state index contributed by atoms with van der Waals surface area (Å²) in [5.74, 6) is 1.06. The highest BCUT2D eigenvalue weighted by Crippen LogP contribution is 2.33. The summed E-state index contributed by atoms with van der Waals surface area (Å²) < 4.78 is 6.82. The molecule has 4 rings (SSSR count). The molecule has 8 nitrogen and oxygen atoms in total. The molecule has 0 unspecified atom stereocenters. The minimum Gasteiger partial charge on any atom is -0.340 e. The van der Waals surface area contributed by atoms with E-state index < -0.39 is 0 Å². The maximum absolute atomic E-state index is 13.3. The minimum absolute atomic E-state index is 0.0310. The van der Waals surface area contributed by atoms with Gasteiger partial charge in [-0.1, -0.05) is 5.16 Å². The highest BCUT2D eigenvalue weighted by molar-refractivity contribution is 6.06. The van der Waals surface area contributed by atoms with E-state index in [0.29, 0.717) is 23.8 Å². The summed E-state index contributed by atoms with van der Waals surface area (Å²) in [7, 11) is 1.84. The molecule has 8 heteroatoms. The minimum atomic E-state index is -0.148. The van der Waals surface area contributed by atoms with Crippen LogP contribution < -0.4 is 0 Å². The predicted octanol–water partition coefficient (Wildman–Crippen LogP) is 2.25. The van der Waals surface area contributed by atoms with Crippen LogP contribution in [0.2, 0.25) is 0 Å². The Morgan fingerprint density at radius 1 is 1.28 bits per heavy atom. The monoisotopic (exact) mass is 340 g/mol. The van der Waals surface area contributed by atoms with Gasteiger partial charge in [-0.05, 0) is 32.8 Å². The average Bonchev–Trinajstić information content (AvgIpc) is 3.26. The Morgan fingerprint density at radius 2 is 2.08 bits per heavy atom. The Morgan fingerprint density at radius 3 is 2.80 bits per heavy atom. The van der Waals surface area contributed by atoms with Crippen LogP contribution in [0.15, 0.2) is 10.6 Å². The maximum Gasteiger partial charge on any atom is 0.255 e. The third-order valence-corrected chi connectivity index (χ3v) is 4.68. The Hall–Kier alpha value is -2.77. The molecule has 1 saturated heterocycles. The number of aromatic nitrogens is 5. The predicted molar refractivity (Wildman–Crippen MR) is 90.0 cm³/mol. The van der Waals surface area contributed by atoms with Crippen LogP contribution >= 0.6 is 0 Å². The van der Waals surface area contributed by atoms with Crippen LogP contribution in [0.4, 0.5) is 0 Å². The van der Waals surface area contributed by atoms with Crippen LogP contribution in [-0.4, -0.2) is 42.3 Å². The number of hydrogen-bond donors (Lipinski definition) is 0. The maximum atomic E-state index is 13.3. The lowest BCUT2D eigenvalue weighted by Gasteiger charge is -2.22. The van der Waals surface area contributed by atoms with E-state index in [1.165, 1.54) is 0 Å². The molecule has 0 N–H and O–H groups in total. The van der Waals surface area contributed by atoms with Crippen molar-refractivity contribution in [3.05, 3.63) is 34.7 Å². The number of fused-ring (bicyclic) bond motifs is 1. The van der Waals surface area contributed by atoms with E-state index in [4.69, 9.17) is 4.52 Å². The molecular weight excluding hydrogens is 320 g/mol. The molecule has 1 fully saturated rings. The number of nitrogens with zero attached hydrogens (tertiary/aromatic N) is 6. The molecule has 25 heavy (non-hydrogen) atoms. The van der Waals surface area contributed by atoms with Gasteiger partial charge < -0.3 is 9.42 Å². The highest BCUT2D eigenvalue weighted by Gasteiger charge is 2.35. The van der Waals surface area contributed by atoms with Crippen LogP contribution in [0.1, 0.15) is 52.3 Å². The number of amides is 1. The van der Waals surface area contributed by atoms with Gasteiger partial charge in [0.15, 0.2) is 11.5 Å². The number of aryl methyl sites for hydroxylation is 4. The molecule has 0 spiro atoms. The molecule has 130 valence electrons. The van der Waals surface area contributed by atoms with Gasteiger partial charge in [0.1, 0.15) is 0 Å². The SMILES string of the molecule is Cc1cc(C(=O)N2CCC[C@@H]2c2noc(C)n2)c2c(C)nn(C)c2n1. The number of rotatable bonds is 2. The fourth-order valence-electron chi connectivity index (χ4n) is 3.62. The normalized spacial score (nSPS) is 17.6. The van der Waals surface area contributed by atoms with Crippen molar-refractivity contribution >= 4 is 16.9 Å². The molecule has 1 aliphatic heterocycles. The molecular formula is C17H20N6O2. The van der Waals surface area contributed by atoms with E-state index in [0.717, 1.165) is 35.3 Å². The number of carbonyl (C=O) groups excluding carboxylic acids is 1. The van der Waals surface area contributed by atoms with Crippen molar-refractivity contribution in [1.29, 1.82) is 0 Å². The molecule has 1 aliphatic rings. The van der Waals surface area contributed by atoms with Crippen molar-refractivity contribution in [2.24, 2.45) is 7.05 Å². The molecule has 0 aromatic carbocycles. The van der Waals surface area contributed by atoms with Crippen molar-refractivity contribution in [3.63, 3.8) is 0 Å². The smallest absolute Gasteiger partial charge is 0.255 e. The van der Waals surface area contributed by atoms with E-state index in [9.17, 15) is 4.79 Å². The van der Waals surface area contributed by atoms with Gasteiger partial charge in [-0.2, -0.15) is 10.1 Å². The van der Waals surface area contributed by atoms with Crippen molar-refractivity contribution < 1.29 is 9.32 Å². The van der Waals surface area contributed by atoms with Gasteiger partial charge >= 0.3 is 0 Å². The summed E-state index contributed by atoms with van der Waals surface area (Å²) in [6.45, 7) is 6.23. The Balaban J connectivity index is 1.79. The molecule has 3 aromatic heterocycles. The van der Waals surface area contributed by atoms with E-state index in [1.54, 1.807) is 11.6 Å². The van der Waals surface area contributed by atoms with Crippen molar-refractivity contribution in [1.82, 2.24) is 29.8 Å². The number of hydrogen-bond acceptors (Lipinski definition) is 6. The second-order valence-corrected chi connectivity index (χ2v) is 6.55. The second-order valence-electron chi connectivity index (χ2n) is 6.55. The zero-order chi connectivity index (χ0) is 17.7. The topological polar surface area (TPSA) is 89.9 Å². The van der Waals surface area contributed by atoms with Crippen LogP contribution in [0.25, 0.3) is 11.0 Å². The first-order chi connectivity index (χ1) is 12.0. The first-order valence-electron chi connectivity index (χ1n) is 8.38. The summed E-state index contributed by atoms with van der Waals surface area (Å²) in [4.78, 5) is 24.0. The number of carbonyl (C=O) groups is 1. The van der Waals surface area contributed by atoms with Gasteiger partial charge in [0.05, 0.1) is 22.7 Å². The summed E-state index contributed by atoms with van der Waals surface area (Å²) in [6.07, 6.45) is 1.76. The average molecular weight is 340 g/mol. The van der Waals surface area contributed by atoms with E-state index >= 15 is 0 Å². The quantitative estimate of drug-likeness (QED) is 0.711. The molecule has 0 aliphatic carbocycles. The fraction of sp³-hybridized carbons (Fsp3) is 0.471. The van der Waals surface area contributed by atoms with Crippen molar-refractivity contribution in [3.8, 4) is 0 Å². The van der Waals surface area contributed by atoms with Crippen LogP contribution in [-0.2, 0) is 7.05 Å². The van der Waals surface area contributed by atoms with Gasteiger partial charge in [-0.15, -0.1) is 0 Å². The molecule has 0 bridgehead atoms. The largest absolute Gasteiger partial charge is 0.340 e. The van der Waals surface area contributed by atoms with E-state index in [1.807, 2.05) is 31.9 Å². The van der Waals surface area contributed by atoms with Gasteiger partial charge in [-0.25, -0.2) is 4.98 Å². The zero-order valence-corrected chi connectivity index (χ0v) is 14.8. The van der Waals surface area contributed by atoms with Gasteiger partial charge in [0.2, 0.25) is 5.89 Å². The Bertz CT molecular complexity index is 973. The number of likely N-dealkylation sites (tertiary alicyclic amines) is 1. The summed E-state index contributed by atoms with van der Waals surface area (Å²) in [6, 6.07) is 1.70. The van der Waals surface area contributed by atoms with Crippen LogP contribution in [0.5, 0.6) is 0 Å². The summed E-state index contributed by atoms with van der Waals surface area (Å²) in [5, 5.41) is 9.26. The summed E-state index contributed by atoms with van der Waals surface area (Å²) >= 11 is 0. The molecule has 3 aromatic rings. The first-order valence-corrected chi connectivity index (χ1v) is 8.38. The molecule has 0 saturated carbocycles. The van der Waals surface area contributed by atoms with Gasteiger partial charge in [0.25, 0.3) is 5.91 Å². The van der Waals surface area contributed by atoms with Crippen LogP contribution in [0, 0.1) is 20.8 Å².